The van der Waals surface area contributed by atoms with E-state index in [1.54, 1.807) is 0 Å². The van der Waals surface area contributed by atoms with Crippen molar-refractivity contribution >= 4 is 27.5 Å². The van der Waals surface area contributed by atoms with Gasteiger partial charge in [-0.05, 0) is 36.7 Å². The van der Waals surface area contributed by atoms with Crippen LogP contribution in [-0.4, -0.2) is 45.3 Å². The molecule has 1 atom stereocenters. The van der Waals surface area contributed by atoms with Gasteiger partial charge in [-0.2, -0.15) is 4.31 Å². The van der Waals surface area contributed by atoms with Gasteiger partial charge >= 0.3 is 0 Å². The van der Waals surface area contributed by atoms with Gasteiger partial charge in [-0.1, -0.05) is 18.5 Å². The second-order valence-electron chi connectivity index (χ2n) is 4.86. The number of halogens is 1. The number of rotatable bonds is 7. The first kappa shape index (κ1) is 17.9. The second kappa shape index (κ2) is 7.74. The quantitative estimate of drug-likeness (QED) is 0.767. The molecule has 6 nitrogen and oxygen atoms in total. The van der Waals surface area contributed by atoms with Gasteiger partial charge in [-0.25, -0.2) is 8.42 Å². The Morgan fingerprint density at radius 3 is 2.48 bits per heavy atom. The van der Waals surface area contributed by atoms with Crippen LogP contribution >= 0.6 is 11.6 Å². The van der Waals surface area contributed by atoms with Gasteiger partial charge in [-0.3, -0.25) is 4.79 Å². The predicted octanol–water partition coefficient (Wildman–Crippen LogP) is 0.671. The Balaban J connectivity index is 2.67. The average Bonchev–Trinajstić information content (AvgIpc) is 2.45. The van der Waals surface area contributed by atoms with Gasteiger partial charge in [0.05, 0.1) is 11.4 Å². The van der Waals surface area contributed by atoms with E-state index in [2.05, 4.69) is 5.32 Å². The number of hydrogen-bond acceptors (Lipinski definition) is 4. The molecule has 21 heavy (non-hydrogen) atoms. The smallest absolute Gasteiger partial charge is 0.243 e. The molecule has 3 N–H and O–H groups in total. The minimum atomic E-state index is -3.71. The van der Waals surface area contributed by atoms with E-state index in [9.17, 15) is 13.2 Å². The average molecular weight is 334 g/mol. The molecule has 0 saturated heterocycles. The largest absolute Gasteiger partial charge is 0.355 e. The first-order chi connectivity index (χ1) is 9.77. The zero-order valence-corrected chi connectivity index (χ0v) is 13.6. The maximum Gasteiger partial charge on any atom is 0.243 e. The van der Waals surface area contributed by atoms with Crippen LogP contribution in [0.25, 0.3) is 0 Å². The number of nitrogens with one attached hydrogen (secondary N) is 1. The van der Waals surface area contributed by atoms with Crippen LogP contribution < -0.4 is 11.1 Å². The van der Waals surface area contributed by atoms with E-state index in [0.717, 1.165) is 4.31 Å². The van der Waals surface area contributed by atoms with Crippen LogP contribution in [0.4, 0.5) is 0 Å². The molecule has 1 unspecified atom stereocenters. The summed E-state index contributed by atoms with van der Waals surface area (Å²) in [5.41, 5.74) is 5.45. The molecular weight excluding hydrogens is 314 g/mol. The third-order valence-electron chi connectivity index (χ3n) is 2.94. The molecule has 8 heteroatoms. The highest BCUT2D eigenvalue weighted by molar-refractivity contribution is 7.89. The molecule has 0 fully saturated rings. The lowest BCUT2D eigenvalue weighted by Crippen LogP contribution is -2.40. The Labute approximate surface area is 130 Å². The SMILES string of the molecule is CC(CN)CNC(=O)CN(C)S(=O)(=O)c1ccc(Cl)cc1. The molecule has 0 bridgehead atoms. The monoisotopic (exact) mass is 333 g/mol. The summed E-state index contributed by atoms with van der Waals surface area (Å²) in [7, 11) is -2.35. The van der Waals surface area contributed by atoms with Crippen molar-refractivity contribution in [3.63, 3.8) is 0 Å². The van der Waals surface area contributed by atoms with Crippen molar-refractivity contribution in [3.05, 3.63) is 29.3 Å². The molecular formula is C13H20ClN3O3S. The molecule has 0 aliphatic rings. The minimum absolute atomic E-state index is 0.0949. The topological polar surface area (TPSA) is 92.5 Å². The van der Waals surface area contributed by atoms with Crippen LogP contribution in [0, 0.1) is 5.92 Å². The van der Waals surface area contributed by atoms with Gasteiger partial charge in [-0.15, -0.1) is 0 Å². The van der Waals surface area contributed by atoms with Crippen LogP contribution in [0.15, 0.2) is 29.2 Å². The van der Waals surface area contributed by atoms with Crippen LogP contribution in [0.1, 0.15) is 6.92 Å². The van der Waals surface area contributed by atoms with E-state index in [1.807, 2.05) is 6.92 Å². The Morgan fingerprint density at radius 1 is 1.38 bits per heavy atom. The molecule has 1 aromatic carbocycles. The van der Waals surface area contributed by atoms with Gasteiger partial charge in [0.15, 0.2) is 0 Å². The van der Waals surface area contributed by atoms with Gasteiger partial charge in [0.25, 0.3) is 0 Å². The number of nitrogens with two attached hydrogens (primary N) is 1. The lowest BCUT2D eigenvalue weighted by Gasteiger charge is -2.17. The van der Waals surface area contributed by atoms with E-state index in [0.29, 0.717) is 18.1 Å². The normalized spacial score (nSPS) is 13.2. The van der Waals surface area contributed by atoms with Crippen LogP contribution in [0.5, 0.6) is 0 Å². The zero-order chi connectivity index (χ0) is 16.0. The summed E-state index contributed by atoms with van der Waals surface area (Å²) in [6, 6.07) is 5.79. The summed E-state index contributed by atoms with van der Waals surface area (Å²) in [6.45, 7) is 2.53. The zero-order valence-electron chi connectivity index (χ0n) is 12.0. The summed E-state index contributed by atoms with van der Waals surface area (Å²) >= 11 is 5.73. The number of likely N-dealkylation sites (N-methyl/N-ethyl adjacent to an activating group) is 1. The van der Waals surface area contributed by atoms with Gasteiger partial charge in [0.2, 0.25) is 15.9 Å². The number of carbonyl (C=O) groups is 1. The first-order valence-corrected chi connectivity index (χ1v) is 8.28. The first-order valence-electron chi connectivity index (χ1n) is 6.46. The van der Waals surface area contributed by atoms with Crippen LogP contribution in [0.3, 0.4) is 0 Å². The molecule has 0 saturated carbocycles. The molecule has 0 spiro atoms. The minimum Gasteiger partial charge on any atom is -0.355 e. The van der Waals surface area contributed by atoms with Crippen LogP contribution in [-0.2, 0) is 14.8 Å². The summed E-state index contributed by atoms with van der Waals surface area (Å²) in [5, 5.41) is 3.10. The molecule has 0 radical (unpaired) electrons. The van der Waals surface area contributed by atoms with Crippen LogP contribution in [0.2, 0.25) is 5.02 Å². The van der Waals surface area contributed by atoms with Crippen molar-refractivity contribution in [3.8, 4) is 0 Å². The number of sulfonamides is 1. The highest BCUT2D eigenvalue weighted by Gasteiger charge is 2.22. The van der Waals surface area contributed by atoms with Crippen molar-refractivity contribution < 1.29 is 13.2 Å². The van der Waals surface area contributed by atoms with E-state index in [1.165, 1.54) is 31.3 Å². The Morgan fingerprint density at radius 2 is 1.95 bits per heavy atom. The summed E-state index contributed by atoms with van der Waals surface area (Å²) in [6.07, 6.45) is 0. The van der Waals surface area contributed by atoms with E-state index in [4.69, 9.17) is 17.3 Å². The third kappa shape index (κ3) is 5.28. The number of hydrogen-bond donors (Lipinski definition) is 2. The van der Waals surface area contributed by atoms with E-state index >= 15 is 0 Å². The fourth-order valence-corrected chi connectivity index (χ4v) is 2.75. The number of benzene rings is 1. The predicted molar refractivity (Wildman–Crippen MR) is 82.5 cm³/mol. The van der Waals surface area contributed by atoms with Crippen molar-refractivity contribution in [2.75, 3.05) is 26.7 Å². The second-order valence-corrected chi connectivity index (χ2v) is 7.34. The Hall–Kier alpha value is -1.15. The lowest BCUT2D eigenvalue weighted by atomic mass is 10.2. The summed E-state index contributed by atoms with van der Waals surface area (Å²) in [5.74, 6) is -0.220. The number of nitrogens with zero attached hydrogens (tertiary/aromatic N) is 1. The Kier molecular flexibility index (Phi) is 6.60. The van der Waals surface area contributed by atoms with Gasteiger partial charge in [0.1, 0.15) is 0 Å². The molecule has 1 aromatic rings. The lowest BCUT2D eigenvalue weighted by molar-refractivity contribution is -0.121. The van der Waals surface area contributed by atoms with Gasteiger partial charge in [0, 0.05) is 18.6 Å². The molecule has 0 aromatic heterocycles. The van der Waals surface area contributed by atoms with Crippen molar-refractivity contribution in [2.45, 2.75) is 11.8 Å². The van der Waals surface area contributed by atoms with Crippen molar-refractivity contribution in [1.29, 1.82) is 0 Å². The molecule has 0 aliphatic carbocycles. The number of amides is 1. The molecule has 0 aliphatic heterocycles. The fraction of sp³-hybridized carbons (Fsp3) is 0.462. The van der Waals surface area contributed by atoms with Crippen molar-refractivity contribution in [2.24, 2.45) is 11.7 Å². The highest BCUT2D eigenvalue weighted by atomic mass is 35.5. The third-order valence-corrected chi connectivity index (χ3v) is 5.01. The van der Waals surface area contributed by atoms with Crippen molar-refractivity contribution in [1.82, 2.24) is 9.62 Å². The van der Waals surface area contributed by atoms with E-state index < -0.39 is 10.0 Å². The summed E-state index contributed by atoms with van der Waals surface area (Å²) < 4.78 is 25.5. The maximum atomic E-state index is 12.3. The molecule has 1 amide bonds. The Bertz CT molecular complexity index is 575. The highest BCUT2D eigenvalue weighted by Crippen LogP contribution is 2.17. The van der Waals surface area contributed by atoms with E-state index in [-0.39, 0.29) is 23.3 Å². The molecule has 118 valence electrons. The standard InChI is InChI=1S/C13H20ClN3O3S/c1-10(7-15)8-16-13(18)9-17(2)21(19,20)12-5-3-11(14)4-6-12/h3-6,10H,7-9,15H2,1-2H3,(H,16,18). The fourth-order valence-electron chi connectivity index (χ4n) is 1.50. The number of carbonyl (C=O) groups excluding carboxylic acids is 1. The molecule has 0 heterocycles. The maximum absolute atomic E-state index is 12.3. The molecule has 1 rings (SSSR count). The summed E-state index contributed by atoms with van der Waals surface area (Å²) in [4.78, 5) is 11.8. The van der Waals surface area contributed by atoms with Gasteiger partial charge < -0.3 is 11.1 Å².